The molecular formula is C23H32N4O3. The van der Waals surface area contributed by atoms with Crippen molar-refractivity contribution in [3.05, 3.63) is 48.0 Å². The molecule has 1 atom stereocenters. The largest absolute Gasteiger partial charge is 0.497 e. The Morgan fingerprint density at radius 3 is 2.43 bits per heavy atom. The summed E-state index contributed by atoms with van der Waals surface area (Å²) in [6, 6.07) is 13.8. The number of hydrogen-bond acceptors (Lipinski definition) is 5. The smallest absolute Gasteiger partial charge is 0.193 e. The Morgan fingerprint density at radius 1 is 1.00 bits per heavy atom. The Balaban J connectivity index is 1.81. The summed E-state index contributed by atoms with van der Waals surface area (Å²) in [4.78, 5) is 7.14. The third-order valence-electron chi connectivity index (χ3n) is 5.43. The van der Waals surface area contributed by atoms with E-state index in [2.05, 4.69) is 21.3 Å². The predicted molar refractivity (Wildman–Crippen MR) is 121 cm³/mol. The van der Waals surface area contributed by atoms with Crippen LogP contribution in [0.5, 0.6) is 17.2 Å². The van der Waals surface area contributed by atoms with Crippen molar-refractivity contribution in [1.82, 2.24) is 4.90 Å². The summed E-state index contributed by atoms with van der Waals surface area (Å²) in [6.45, 7) is 2.63. The second kappa shape index (κ2) is 10.7. The van der Waals surface area contributed by atoms with E-state index >= 15 is 0 Å². The molecule has 0 spiro atoms. The van der Waals surface area contributed by atoms with Gasteiger partial charge in [-0.3, -0.25) is 9.89 Å². The average Bonchev–Trinajstić information content (AvgIpc) is 2.80. The summed E-state index contributed by atoms with van der Waals surface area (Å²) in [6.07, 6.45) is 3.67. The summed E-state index contributed by atoms with van der Waals surface area (Å²) in [5.41, 5.74) is 8.09. The van der Waals surface area contributed by atoms with Crippen molar-refractivity contribution in [3.8, 4) is 17.2 Å². The zero-order valence-corrected chi connectivity index (χ0v) is 18.1. The van der Waals surface area contributed by atoms with Gasteiger partial charge in [0.1, 0.15) is 17.2 Å². The Bertz CT molecular complexity index is 850. The van der Waals surface area contributed by atoms with E-state index in [1.165, 1.54) is 19.3 Å². The number of para-hydroxylation sites is 1. The number of likely N-dealkylation sites (tertiary alicyclic amines) is 1. The van der Waals surface area contributed by atoms with Crippen LogP contribution in [0.1, 0.15) is 30.9 Å². The number of methoxy groups -OCH3 is 3. The van der Waals surface area contributed by atoms with Gasteiger partial charge in [0.15, 0.2) is 5.96 Å². The molecule has 0 aromatic heterocycles. The molecule has 0 amide bonds. The molecule has 30 heavy (non-hydrogen) atoms. The second-order valence-electron chi connectivity index (χ2n) is 7.27. The molecule has 1 unspecified atom stereocenters. The Labute approximate surface area is 178 Å². The minimum Gasteiger partial charge on any atom is -0.497 e. The number of nitrogens with two attached hydrogens (primary N) is 1. The molecule has 3 N–H and O–H groups in total. The predicted octanol–water partition coefficient (Wildman–Crippen LogP) is 3.67. The van der Waals surface area contributed by atoms with Crippen LogP contribution >= 0.6 is 0 Å². The summed E-state index contributed by atoms with van der Waals surface area (Å²) >= 11 is 0. The molecule has 0 radical (unpaired) electrons. The summed E-state index contributed by atoms with van der Waals surface area (Å²) in [5, 5.41) is 3.15. The quantitative estimate of drug-likeness (QED) is 0.509. The molecule has 162 valence electrons. The molecular weight excluding hydrogens is 380 g/mol. The number of ether oxygens (including phenoxy) is 3. The van der Waals surface area contributed by atoms with Crippen molar-refractivity contribution in [3.63, 3.8) is 0 Å². The van der Waals surface area contributed by atoms with Gasteiger partial charge in [-0.05, 0) is 44.1 Å². The number of rotatable bonds is 8. The van der Waals surface area contributed by atoms with E-state index in [0.29, 0.717) is 29.7 Å². The van der Waals surface area contributed by atoms with Gasteiger partial charge in [-0.25, -0.2) is 0 Å². The molecule has 0 bridgehead atoms. The van der Waals surface area contributed by atoms with Gasteiger partial charge < -0.3 is 25.3 Å². The molecule has 7 heteroatoms. The Kier molecular flexibility index (Phi) is 7.79. The van der Waals surface area contributed by atoms with Crippen LogP contribution in [0.2, 0.25) is 0 Å². The highest BCUT2D eigenvalue weighted by molar-refractivity contribution is 5.94. The topological polar surface area (TPSA) is 81.3 Å². The molecule has 2 aromatic carbocycles. The minimum atomic E-state index is 0.106. The van der Waals surface area contributed by atoms with Crippen LogP contribution in [-0.2, 0) is 0 Å². The molecule has 1 heterocycles. The van der Waals surface area contributed by atoms with Gasteiger partial charge in [0.05, 0.1) is 39.6 Å². The lowest BCUT2D eigenvalue weighted by Gasteiger charge is -2.34. The zero-order valence-electron chi connectivity index (χ0n) is 18.1. The molecule has 0 aliphatic carbocycles. The van der Waals surface area contributed by atoms with Crippen LogP contribution in [0, 0.1) is 0 Å². The van der Waals surface area contributed by atoms with Crippen LogP contribution in [0.15, 0.2) is 47.5 Å². The number of piperidine rings is 1. The number of guanidine groups is 1. The van der Waals surface area contributed by atoms with Crippen LogP contribution in [-0.4, -0.2) is 51.8 Å². The van der Waals surface area contributed by atoms with Gasteiger partial charge in [-0.15, -0.1) is 0 Å². The van der Waals surface area contributed by atoms with Crippen molar-refractivity contribution in [2.24, 2.45) is 10.7 Å². The number of aliphatic imine (C=N–C) groups is 1. The molecule has 7 nitrogen and oxygen atoms in total. The van der Waals surface area contributed by atoms with Gasteiger partial charge in [0.25, 0.3) is 0 Å². The number of anilines is 1. The van der Waals surface area contributed by atoms with Crippen molar-refractivity contribution in [1.29, 1.82) is 0 Å². The summed E-state index contributed by atoms with van der Waals surface area (Å²) in [7, 11) is 4.95. The molecule has 1 saturated heterocycles. The first-order valence-corrected chi connectivity index (χ1v) is 10.3. The highest BCUT2D eigenvalue weighted by atomic mass is 16.5. The lowest BCUT2D eigenvalue weighted by molar-refractivity contribution is 0.165. The minimum absolute atomic E-state index is 0.106. The number of benzene rings is 2. The Hall–Kier alpha value is -2.93. The zero-order chi connectivity index (χ0) is 21.3. The highest BCUT2D eigenvalue weighted by Gasteiger charge is 2.24. The van der Waals surface area contributed by atoms with Gasteiger partial charge >= 0.3 is 0 Å². The van der Waals surface area contributed by atoms with Gasteiger partial charge in [-0.1, -0.05) is 24.6 Å². The van der Waals surface area contributed by atoms with Gasteiger partial charge in [-0.2, -0.15) is 0 Å². The third-order valence-corrected chi connectivity index (χ3v) is 5.43. The molecule has 1 fully saturated rings. The fourth-order valence-electron chi connectivity index (χ4n) is 3.86. The average molecular weight is 413 g/mol. The second-order valence-corrected chi connectivity index (χ2v) is 7.27. The fourth-order valence-corrected chi connectivity index (χ4v) is 3.86. The number of nitrogens with zero attached hydrogens (tertiary/aromatic N) is 2. The van der Waals surface area contributed by atoms with E-state index in [9.17, 15) is 0 Å². The van der Waals surface area contributed by atoms with Crippen molar-refractivity contribution in [2.45, 2.75) is 25.3 Å². The van der Waals surface area contributed by atoms with E-state index in [1.54, 1.807) is 21.3 Å². The van der Waals surface area contributed by atoms with E-state index in [-0.39, 0.29) is 6.04 Å². The van der Waals surface area contributed by atoms with Crippen molar-refractivity contribution < 1.29 is 14.2 Å². The maximum atomic E-state index is 6.24. The van der Waals surface area contributed by atoms with Crippen molar-refractivity contribution in [2.75, 3.05) is 46.3 Å². The maximum absolute atomic E-state index is 6.24. The summed E-state index contributed by atoms with van der Waals surface area (Å²) < 4.78 is 16.3. The van der Waals surface area contributed by atoms with E-state index in [4.69, 9.17) is 19.9 Å². The van der Waals surface area contributed by atoms with Crippen LogP contribution in [0.3, 0.4) is 0 Å². The standard InChI is InChI=1S/C23H32N4O3/c1-28-17-11-12-22(30-3)19(15-17)26-23(24)25-16-20(27-13-7-4-8-14-27)18-9-5-6-10-21(18)29-2/h5-6,9-12,15,20H,4,7-8,13-14,16H2,1-3H3,(H3,24,25,26). The maximum Gasteiger partial charge on any atom is 0.193 e. The fraction of sp³-hybridized carbons (Fsp3) is 0.435. The lowest BCUT2D eigenvalue weighted by Crippen LogP contribution is -2.36. The van der Waals surface area contributed by atoms with Gasteiger partial charge in [0.2, 0.25) is 0 Å². The molecule has 1 aliphatic heterocycles. The van der Waals surface area contributed by atoms with Gasteiger partial charge in [0, 0.05) is 11.6 Å². The molecule has 1 aliphatic rings. The van der Waals surface area contributed by atoms with E-state index in [0.717, 1.165) is 24.4 Å². The van der Waals surface area contributed by atoms with E-state index < -0.39 is 0 Å². The van der Waals surface area contributed by atoms with Crippen LogP contribution in [0.25, 0.3) is 0 Å². The molecule has 2 aromatic rings. The monoisotopic (exact) mass is 412 g/mol. The summed E-state index contributed by atoms with van der Waals surface area (Å²) in [5.74, 6) is 2.60. The van der Waals surface area contributed by atoms with Crippen LogP contribution in [0.4, 0.5) is 5.69 Å². The first kappa shape index (κ1) is 21.8. The normalized spacial score (nSPS) is 16.0. The van der Waals surface area contributed by atoms with Crippen LogP contribution < -0.4 is 25.3 Å². The SMILES string of the molecule is COc1ccc(OC)c(NC(N)=NCC(c2ccccc2OC)N2CCCCC2)c1. The number of nitrogens with one attached hydrogen (secondary N) is 1. The highest BCUT2D eigenvalue weighted by Crippen LogP contribution is 2.32. The van der Waals surface area contributed by atoms with Crippen molar-refractivity contribution >= 4 is 11.6 Å². The third kappa shape index (κ3) is 5.36. The molecule has 3 rings (SSSR count). The first-order chi connectivity index (χ1) is 14.7. The lowest BCUT2D eigenvalue weighted by atomic mass is 10.0. The first-order valence-electron chi connectivity index (χ1n) is 10.3. The number of hydrogen-bond donors (Lipinski definition) is 2. The molecule has 0 saturated carbocycles. The Morgan fingerprint density at radius 2 is 1.73 bits per heavy atom. The van der Waals surface area contributed by atoms with E-state index in [1.807, 2.05) is 36.4 Å².